The normalized spacial score (nSPS) is 23.0. The average molecular weight is 1120 g/mol. The number of rotatable bonds is 19. The fourth-order valence-corrected chi connectivity index (χ4v) is 12.9. The number of anilines is 3. The summed E-state index contributed by atoms with van der Waals surface area (Å²) >= 11 is 1.27. The van der Waals surface area contributed by atoms with Crippen LogP contribution in [0.25, 0.3) is 21.8 Å². The number of thiazole rings is 1. The Kier molecular flexibility index (Phi) is 16.1. The van der Waals surface area contributed by atoms with Crippen LogP contribution in [0.2, 0.25) is 0 Å². The number of carbonyl (C=O) groups is 2. The van der Waals surface area contributed by atoms with Crippen molar-refractivity contribution < 1.29 is 47.7 Å². The van der Waals surface area contributed by atoms with Gasteiger partial charge in [-0.05, 0) is 80.9 Å². The summed E-state index contributed by atoms with van der Waals surface area (Å²) in [6, 6.07) is 14.9. The van der Waals surface area contributed by atoms with E-state index in [-0.39, 0.29) is 78.4 Å². The third-order valence-electron chi connectivity index (χ3n) is 16.3. The van der Waals surface area contributed by atoms with Gasteiger partial charge in [-0.2, -0.15) is 0 Å². The van der Waals surface area contributed by atoms with Crippen molar-refractivity contribution in [3.05, 3.63) is 89.1 Å². The first-order valence-electron chi connectivity index (χ1n) is 27.7. The molecule has 1 aromatic carbocycles. The van der Waals surface area contributed by atoms with E-state index in [1.807, 2.05) is 38.2 Å². The van der Waals surface area contributed by atoms with Crippen molar-refractivity contribution in [1.82, 2.24) is 45.4 Å². The van der Waals surface area contributed by atoms with Gasteiger partial charge < -0.3 is 59.4 Å². The average Bonchev–Trinajstić information content (AvgIpc) is 4.30. The van der Waals surface area contributed by atoms with Gasteiger partial charge in [-0.25, -0.2) is 19.3 Å². The quantitative estimate of drug-likeness (QED) is 0.0659. The first-order chi connectivity index (χ1) is 38.7. The number of aromatic nitrogens is 6. The van der Waals surface area contributed by atoms with E-state index in [1.165, 1.54) is 29.4 Å². The van der Waals surface area contributed by atoms with Crippen molar-refractivity contribution in [2.75, 3.05) is 68.5 Å². The largest absolute Gasteiger partial charge is 0.507 e. The number of benzene rings is 1. The highest BCUT2D eigenvalue weighted by Crippen LogP contribution is 2.41. The highest BCUT2D eigenvalue weighted by molar-refractivity contribution is 7.13. The third kappa shape index (κ3) is 11.5. The lowest BCUT2D eigenvalue weighted by Crippen LogP contribution is -2.54. The van der Waals surface area contributed by atoms with E-state index < -0.39 is 35.8 Å². The minimum absolute atomic E-state index is 0.0270. The number of hydrogen-bond donors (Lipinski definition) is 4. The molecule has 6 aromatic rings. The van der Waals surface area contributed by atoms with Gasteiger partial charge in [0.05, 0.1) is 58.9 Å². The fraction of sp³-hybridized carbons (Fsp3) is 0.509. The molecule has 1 unspecified atom stereocenters. The Labute approximate surface area is 467 Å². The number of hydrogen-bond acceptors (Lipinski definition) is 20. The molecule has 21 nitrogen and oxygen atoms in total. The summed E-state index contributed by atoms with van der Waals surface area (Å²) in [5.74, 6) is -0.678. The van der Waals surface area contributed by atoms with E-state index in [4.69, 9.17) is 29.2 Å². The Hall–Kier alpha value is -7.21. The molecule has 80 heavy (non-hydrogen) atoms. The maximum absolute atomic E-state index is 15.5. The number of phenols is 1. The molecule has 4 aliphatic heterocycles. The van der Waals surface area contributed by atoms with Gasteiger partial charge >= 0.3 is 0 Å². The zero-order valence-electron chi connectivity index (χ0n) is 45.6. The molecule has 23 heteroatoms. The molecule has 424 valence electrons. The van der Waals surface area contributed by atoms with Gasteiger partial charge in [0.1, 0.15) is 36.1 Å². The lowest BCUT2D eigenvalue weighted by Gasteiger charge is -2.43. The van der Waals surface area contributed by atoms with E-state index in [0.29, 0.717) is 58.0 Å². The van der Waals surface area contributed by atoms with E-state index in [1.54, 1.807) is 37.6 Å². The Balaban J connectivity index is 0.609. The van der Waals surface area contributed by atoms with E-state index >= 15 is 4.39 Å². The molecule has 5 aliphatic rings. The van der Waals surface area contributed by atoms with Crippen LogP contribution in [0.4, 0.5) is 21.6 Å². The van der Waals surface area contributed by atoms with Crippen LogP contribution in [-0.2, 0) is 14.3 Å². The lowest BCUT2D eigenvalue weighted by molar-refractivity contribution is -0.141. The third-order valence-corrected chi connectivity index (χ3v) is 17.2. The molecule has 5 fully saturated rings. The molecule has 2 amide bonds. The Morgan fingerprint density at radius 1 is 0.938 bits per heavy atom. The Morgan fingerprint density at radius 3 is 2.44 bits per heavy atom. The molecule has 2 bridgehead atoms. The van der Waals surface area contributed by atoms with Crippen molar-refractivity contribution in [3.8, 4) is 45.2 Å². The number of ether oxygens (including phenoxy) is 4. The first kappa shape index (κ1) is 54.7. The number of para-hydroxylation sites is 1. The zero-order valence-corrected chi connectivity index (χ0v) is 46.4. The molecule has 11 rings (SSSR count). The number of aromatic hydroxyl groups is 1. The maximum Gasteiger partial charge on any atom is 0.254 e. The van der Waals surface area contributed by atoms with E-state index in [2.05, 4.69) is 62.5 Å². The number of aliphatic hydroxyl groups is 1. The maximum atomic E-state index is 15.5. The zero-order chi connectivity index (χ0) is 55.8. The second-order valence-electron chi connectivity index (χ2n) is 22.0. The first-order valence-corrected chi connectivity index (χ1v) is 28.5. The number of amides is 2. The molecule has 9 heterocycles. The SMILES string of the molecule is COc1nc(-c2scnc2C)c(F)cc1[C@H](C)NC(=O)[C@@H]1C[C@@H](O)CN1C(=O)[C@H](c1cc(OCCN2CCC(OC3CC(Oc4cc(N5C6CC[C@@H]5CN(c5cc(-c7ccccc7O)nnc5N)C6)ccn4)C3)CC2)no1)C(C)C. The van der Waals surface area contributed by atoms with Gasteiger partial charge in [0.25, 0.3) is 5.88 Å². The molecule has 5 aromatic heterocycles. The van der Waals surface area contributed by atoms with Crippen LogP contribution in [0.3, 0.4) is 0 Å². The smallest absolute Gasteiger partial charge is 0.254 e. The summed E-state index contributed by atoms with van der Waals surface area (Å²) in [6.07, 6.45) is 6.84. The van der Waals surface area contributed by atoms with E-state index in [0.717, 1.165) is 76.1 Å². The summed E-state index contributed by atoms with van der Waals surface area (Å²) in [6.45, 7) is 11.5. The number of likely N-dealkylation sites (tertiary alicyclic amines) is 2. The van der Waals surface area contributed by atoms with Crippen LogP contribution in [0.5, 0.6) is 23.4 Å². The van der Waals surface area contributed by atoms with Gasteiger partial charge in [-0.1, -0.05) is 26.0 Å². The van der Waals surface area contributed by atoms with Crippen LogP contribution >= 0.6 is 11.3 Å². The molecule has 0 spiro atoms. The molecular weight excluding hydrogens is 1050 g/mol. The molecule has 6 atom stereocenters. The minimum atomic E-state index is -0.993. The van der Waals surface area contributed by atoms with Gasteiger partial charge in [-0.3, -0.25) is 14.5 Å². The fourth-order valence-electron chi connectivity index (χ4n) is 12.1. The number of methoxy groups -OCH3 is 1. The number of β-amino-alcohol motifs (C(OH)–C–C–N with tert-alkyl or cyclic N) is 1. The second kappa shape index (κ2) is 23.5. The number of nitrogen functional groups attached to an aromatic ring is 1. The highest BCUT2D eigenvalue weighted by atomic mass is 32.1. The Bertz CT molecular complexity index is 3160. The number of pyridine rings is 2. The summed E-state index contributed by atoms with van der Waals surface area (Å²) in [7, 11) is 1.42. The predicted molar refractivity (Wildman–Crippen MR) is 296 cm³/mol. The number of nitrogens with one attached hydrogen (secondary N) is 1. The number of phenolic OH excluding ortho intramolecular Hbond substituents is 1. The number of piperazine rings is 1. The number of carbonyl (C=O) groups excluding carboxylic acids is 2. The van der Waals surface area contributed by atoms with Crippen LogP contribution in [0.1, 0.15) is 94.7 Å². The van der Waals surface area contributed by atoms with Crippen molar-refractivity contribution >= 4 is 40.3 Å². The lowest BCUT2D eigenvalue weighted by atomic mass is 9.91. The van der Waals surface area contributed by atoms with Gasteiger partial charge in [0.2, 0.25) is 23.6 Å². The second-order valence-corrected chi connectivity index (χ2v) is 22.9. The Morgan fingerprint density at radius 2 is 1.71 bits per heavy atom. The van der Waals surface area contributed by atoms with Crippen LogP contribution < -0.4 is 35.1 Å². The van der Waals surface area contributed by atoms with Crippen LogP contribution in [0.15, 0.2) is 70.8 Å². The number of nitrogens with zero attached hydrogens (tertiary/aromatic N) is 10. The number of halogens is 1. The monoisotopic (exact) mass is 1120 g/mol. The number of fused-ring (bicyclic) bond motifs is 2. The summed E-state index contributed by atoms with van der Waals surface area (Å²) in [5.41, 5.74) is 12.2. The number of piperidine rings is 1. The van der Waals surface area contributed by atoms with Crippen LogP contribution in [0, 0.1) is 18.7 Å². The van der Waals surface area contributed by atoms with Gasteiger partial charge in [0, 0.05) is 106 Å². The summed E-state index contributed by atoms with van der Waals surface area (Å²) in [5, 5.41) is 36.8. The molecule has 1 saturated carbocycles. The highest BCUT2D eigenvalue weighted by Gasteiger charge is 2.45. The topological polar surface area (TPSA) is 253 Å². The number of nitrogens with two attached hydrogens (primary N) is 1. The molecule has 0 radical (unpaired) electrons. The predicted octanol–water partition coefficient (Wildman–Crippen LogP) is 6.70. The molecule has 5 N–H and O–H groups in total. The minimum Gasteiger partial charge on any atom is -0.507 e. The number of aliphatic hydroxyl groups excluding tert-OH is 1. The van der Waals surface area contributed by atoms with Gasteiger partial charge in [-0.15, -0.1) is 21.5 Å². The molecule has 1 aliphatic carbocycles. The van der Waals surface area contributed by atoms with Crippen molar-refractivity contribution in [2.24, 2.45) is 5.92 Å². The summed E-state index contributed by atoms with van der Waals surface area (Å²) in [4.78, 5) is 50.5. The van der Waals surface area contributed by atoms with Crippen molar-refractivity contribution in [1.29, 1.82) is 0 Å². The van der Waals surface area contributed by atoms with Crippen molar-refractivity contribution in [3.63, 3.8) is 0 Å². The standard InChI is InChI=1S/C57H69FN12O9S/c1-31(2)51(57(74)69-29-37(71)21-46(69)55(73)62-32(3)42-24-43(58)52(63-56(42)75-5)53-33(4)61-30-80-53)48-26-50(66-79-48)76-19-18-67-16-13-38(14-17-67)77-39-22-40(23-39)78-49-20-34(12-15-60-49)70-35-10-11-36(70)28-68(27-35)45-25-44(64-65-54(45)59)41-8-6-7-9-47(41)72/h6-9,12,15,20,24-26,30-32,35-40,46,51,71-72H,10-11,13-14,16-19,21-23,27-29H2,1-5H3,(H2,59,65)(H,62,73)/t32-,35+,36?,37+,39?,40?,46-,51-/m0/s1. The molecule has 4 saturated heterocycles. The molecular formula is C57H69FN12O9S. The summed E-state index contributed by atoms with van der Waals surface area (Å²) < 4.78 is 45.7. The van der Waals surface area contributed by atoms with E-state index in [9.17, 15) is 19.8 Å². The van der Waals surface area contributed by atoms with Gasteiger partial charge in [0.15, 0.2) is 17.4 Å². The van der Waals surface area contributed by atoms with Crippen LogP contribution in [-0.4, -0.2) is 158 Å². The van der Waals surface area contributed by atoms with Crippen molar-refractivity contribution in [2.45, 2.75) is 127 Å². The number of aryl methyl sites for hydroxylation is 1.